The zero-order valence-corrected chi connectivity index (χ0v) is 39.4. The molecule has 0 aliphatic carbocycles. The average Bonchev–Trinajstić information content (AvgIpc) is 4.17. The minimum Gasteiger partial charge on any atom is -0.504 e. The maximum atomic E-state index is 10.4. The highest BCUT2D eigenvalue weighted by Crippen LogP contribution is 2.44. The van der Waals surface area contributed by atoms with E-state index in [2.05, 4.69) is 64.1 Å². The van der Waals surface area contributed by atoms with Crippen molar-refractivity contribution in [2.75, 3.05) is 22.9 Å². The first-order chi connectivity index (χ1) is 36.5. The highest BCUT2D eigenvalue weighted by Gasteiger charge is 2.26. The van der Waals surface area contributed by atoms with Crippen LogP contribution in [0.4, 0.5) is 22.7 Å². The molecule has 20 heteroatoms. The van der Waals surface area contributed by atoms with Gasteiger partial charge in [-0.3, -0.25) is 0 Å². The number of fused-ring (bicyclic) bond motifs is 20. The van der Waals surface area contributed by atoms with Gasteiger partial charge in [0.05, 0.1) is 0 Å². The first-order valence-corrected chi connectivity index (χ1v) is 23.0. The van der Waals surface area contributed by atoms with E-state index in [1.807, 2.05) is 48.5 Å². The van der Waals surface area contributed by atoms with Gasteiger partial charge < -0.3 is 73.8 Å². The summed E-state index contributed by atoms with van der Waals surface area (Å²) in [5.41, 5.74) is 31.7. The Balaban J connectivity index is 0.000000180. The fraction of sp³-hybridized carbons (Fsp3) is 0. The minimum absolute atomic E-state index is 0.0502. The predicted molar refractivity (Wildman–Crippen MR) is 291 cm³/mol. The third-order valence-corrected chi connectivity index (χ3v) is 12.5. The second-order valence-electron chi connectivity index (χ2n) is 17.6. The number of phenols is 8. The smallest absolute Gasteiger partial charge is 0.164 e. The molecule has 0 saturated carbocycles. The van der Waals surface area contributed by atoms with Gasteiger partial charge in [-0.25, -0.2) is 29.9 Å². The number of nitrogens with one attached hydrogen (secondary N) is 2. The molecule has 374 valence electrons. The van der Waals surface area contributed by atoms with Crippen molar-refractivity contribution < 1.29 is 40.9 Å². The molecule has 0 spiro atoms. The number of nitrogen functional groups attached to an aromatic ring is 4. The highest BCUT2D eigenvalue weighted by atomic mass is 16.3. The Labute approximate surface area is 428 Å². The lowest BCUT2D eigenvalue weighted by Crippen LogP contribution is -1.86. The SMILES string of the molecule is Nc1ccc(-c2ccc(-c3ccc(N)cc3)cc2)cc1.Nc1ccc(N)cc1.Oc1cc2c(cc1O)-c1nc-2nc2[nH]c(nc3nc(nc4[nH]c(n1)c1cc(O)c(O)cc41)-c1cc(O)c(O)cc1-3)c1cc(O)c(O)cc21. The van der Waals surface area contributed by atoms with E-state index in [1.165, 1.54) is 70.8 Å². The van der Waals surface area contributed by atoms with Crippen LogP contribution in [0.5, 0.6) is 46.0 Å². The van der Waals surface area contributed by atoms with E-state index < -0.39 is 46.0 Å². The molecule has 3 aromatic heterocycles. The van der Waals surface area contributed by atoms with Crippen LogP contribution in [-0.4, -0.2) is 80.7 Å². The number of hydrogen-bond acceptors (Lipinski definition) is 18. The number of phenolic OH excluding ortho intramolecular Hbond substituents is 8. The summed E-state index contributed by atoms with van der Waals surface area (Å²) in [7, 11) is 0. The molecule has 5 heterocycles. The summed E-state index contributed by atoms with van der Waals surface area (Å²) in [6, 6.07) is 41.6. The van der Waals surface area contributed by atoms with E-state index in [0.29, 0.717) is 43.8 Å². The number of H-pyrrole nitrogens is 2. The lowest BCUT2D eigenvalue weighted by atomic mass is 10.00. The third-order valence-electron chi connectivity index (χ3n) is 12.5. The molecule has 76 heavy (non-hydrogen) atoms. The molecule has 18 N–H and O–H groups in total. The quantitative estimate of drug-likeness (QED) is 0.0566. The summed E-state index contributed by atoms with van der Waals surface area (Å²) in [6.07, 6.45) is 0. The average molecular weight is 1010 g/mol. The fourth-order valence-electron chi connectivity index (χ4n) is 8.59. The van der Waals surface area contributed by atoms with Crippen molar-refractivity contribution in [1.29, 1.82) is 0 Å². The van der Waals surface area contributed by atoms with Crippen molar-refractivity contribution in [3.05, 3.63) is 146 Å². The van der Waals surface area contributed by atoms with E-state index in [-0.39, 0.29) is 45.9 Å². The molecule has 20 nitrogen and oxygen atoms in total. The largest absolute Gasteiger partial charge is 0.504 e. The second-order valence-corrected chi connectivity index (χ2v) is 17.6. The number of anilines is 4. The molecule has 0 atom stereocenters. The summed E-state index contributed by atoms with van der Waals surface area (Å²) < 4.78 is 0. The van der Waals surface area contributed by atoms with E-state index in [4.69, 9.17) is 22.9 Å². The fourth-order valence-corrected chi connectivity index (χ4v) is 8.59. The molecular weight excluding hydrogens is 969 g/mol. The number of nitrogens with two attached hydrogens (primary N) is 4. The Morgan fingerprint density at radius 3 is 0.658 bits per heavy atom. The number of aromatic amines is 2. The van der Waals surface area contributed by atoms with E-state index in [0.717, 1.165) is 22.7 Å². The van der Waals surface area contributed by atoms with Crippen LogP contribution in [0.25, 0.3) is 112 Å². The van der Waals surface area contributed by atoms with E-state index in [1.54, 1.807) is 24.3 Å². The predicted octanol–water partition coefficient (Wildman–Crippen LogP) is 9.55. The van der Waals surface area contributed by atoms with Crippen molar-refractivity contribution in [2.45, 2.75) is 0 Å². The maximum absolute atomic E-state index is 10.4. The van der Waals surface area contributed by atoms with Gasteiger partial charge in [0.25, 0.3) is 0 Å². The lowest BCUT2D eigenvalue weighted by molar-refractivity contribution is 0.404. The van der Waals surface area contributed by atoms with Gasteiger partial charge in [-0.1, -0.05) is 48.5 Å². The summed E-state index contributed by atoms with van der Waals surface area (Å²) in [5, 5.41) is 84.4. The van der Waals surface area contributed by atoms with Crippen molar-refractivity contribution in [1.82, 2.24) is 39.9 Å². The molecular formula is C56H42N12O8. The van der Waals surface area contributed by atoms with Gasteiger partial charge in [0.2, 0.25) is 0 Å². The number of nitrogens with zero attached hydrogens (tertiary/aromatic N) is 6. The molecule has 8 bridgehead atoms. The Bertz CT molecular complexity index is 3850. The van der Waals surface area contributed by atoms with E-state index in [9.17, 15) is 40.9 Å². The van der Waals surface area contributed by atoms with Gasteiger partial charge >= 0.3 is 0 Å². The topological polar surface area (TPSA) is 375 Å². The maximum Gasteiger partial charge on any atom is 0.164 e. The van der Waals surface area contributed by atoms with Gasteiger partial charge in [-0.15, -0.1) is 0 Å². The highest BCUT2D eigenvalue weighted by molar-refractivity contribution is 6.08. The van der Waals surface area contributed by atoms with Crippen molar-refractivity contribution in [3.63, 3.8) is 0 Å². The van der Waals surface area contributed by atoms with Gasteiger partial charge in [-0.2, -0.15) is 0 Å². The monoisotopic (exact) mass is 1010 g/mol. The normalized spacial score (nSPS) is 11.3. The molecule has 11 aromatic rings. The van der Waals surface area contributed by atoms with Crippen LogP contribution in [0, 0.1) is 0 Å². The Kier molecular flexibility index (Phi) is 11.4. The number of rotatable bonds is 2. The summed E-state index contributed by atoms with van der Waals surface area (Å²) >= 11 is 0. The number of benzene rings is 8. The third kappa shape index (κ3) is 8.81. The molecule has 0 amide bonds. The van der Waals surface area contributed by atoms with Crippen LogP contribution < -0.4 is 22.9 Å². The van der Waals surface area contributed by atoms with Gasteiger partial charge in [-0.05, 0) is 119 Å². The molecule has 13 rings (SSSR count). The second kappa shape index (κ2) is 18.4. The molecule has 0 radical (unpaired) electrons. The Hall–Kier alpha value is -11.3. The molecule has 2 aliphatic rings. The first kappa shape index (κ1) is 47.1. The lowest BCUT2D eigenvalue weighted by Gasteiger charge is -2.06. The molecule has 2 aliphatic heterocycles. The number of aromatic hydroxyl groups is 8. The van der Waals surface area contributed by atoms with Crippen LogP contribution in [-0.2, 0) is 0 Å². The zero-order chi connectivity index (χ0) is 53.1. The Morgan fingerprint density at radius 1 is 0.250 bits per heavy atom. The van der Waals surface area contributed by atoms with Crippen LogP contribution in [0.15, 0.2) is 146 Å². The summed E-state index contributed by atoms with van der Waals surface area (Å²) in [6.45, 7) is 0. The molecule has 0 unspecified atom stereocenters. The van der Waals surface area contributed by atoms with Crippen LogP contribution in [0.3, 0.4) is 0 Å². The van der Waals surface area contributed by atoms with Crippen molar-refractivity contribution in [3.8, 4) is 114 Å². The number of aromatic nitrogens is 8. The van der Waals surface area contributed by atoms with Gasteiger partial charge in [0, 0.05) is 66.5 Å². The zero-order valence-electron chi connectivity index (χ0n) is 39.4. The number of hydrogen-bond donors (Lipinski definition) is 14. The standard InChI is InChI=1S/C32H18N8O8.C18H16N2.C6H8N2/c41-17-1-9-10(2-18(17)42)26-33-25(9)37-27-11-3-19(43)20(44)4-12(11)29(34-27)39-31-15-7-23(47)24(48)8-16(15)32(36-31)40-30-14-6-22(46)21(45)5-13(14)28(35-30)38-26;19-17-9-5-15(6-10-17)13-1-2-14(4-3-13)16-7-11-18(20)12-8-16;7-5-1-2-6(8)4-3-5/h1-8,41-48H,(H2,33,34,35,36,37,38,39,40);1-12H,19-20H2;1-4H,7-8H2. The Morgan fingerprint density at radius 2 is 0.434 bits per heavy atom. The van der Waals surface area contributed by atoms with Crippen molar-refractivity contribution >= 4 is 66.9 Å². The van der Waals surface area contributed by atoms with E-state index >= 15 is 0 Å². The van der Waals surface area contributed by atoms with Gasteiger partial charge in [0.15, 0.2) is 69.3 Å². The minimum atomic E-state index is -0.441. The van der Waals surface area contributed by atoms with Crippen molar-refractivity contribution in [2.24, 2.45) is 0 Å². The molecule has 0 saturated heterocycles. The van der Waals surface area contributed by atoms with Crippen LogP contribution >= 0.6 is 0 Å². The first-order valence-electron chi connectivity index (χ1n) is 23.0. The van der Waals surface area contributed by atoms with Gasteiger partial charge in [0.1, 0.15) is 22.6 Å². The molecule has 0 fully saturated rings. The summed E-state index contributed by atoms with van der Waals surface area (Å²) in [5.74, 6) is -3.30. The molecule has 8 aromatic carbocycles. The summed E-state index contributed by atoms with van der Waals surface area (Å²) in [4.78, 5) is 34.0. The van der Waals surface area contributed by atoms with Crippen LogP contribution in [0.1, 0.15) is 0 Å². The van der Waals surface area contributed by atoms with Crippen LogP contribution in [0.2, 0.25) is 0 Å².